The Morgan fingerprint density at radius 2 is 1.00 bits per heavy atom. The summed E-state index contributed by atoms with van der Waals surface area (Å²) in [6, 6.07) is 22.2. The monoisotopic (exact) mass is 376 g/mol. The third kappa shape index (κ3) is 4.91. The molecular weight excluding hydrogens is 343 g/mol. The summed E-state index contributed by atoms with van der Waals surface area (Å²) in [6.07, 6.45) is 14.6. The van der Waals surface area contributed by atoms with Gasteiger partial charge in [0.25, 0.3) is 0 Å². The van der Waals surface area contributed by atoms with Crippen molar-refractivity contribution in [2.75, 3.05) is 0 Å². The van der Waals surface area contributed by atoms with Crippen molar-refractivity contribution in [3.63, 3.8) is 0 Å². The van der Waals surface area contributed by atoms with E-state index in [1.807, 2.05) is 0 Å². The Kier molecular flexibility index (Phi) is 6.81. The average Bonchev–Trinajstić information content (AvgIpc) is 2.77. The molecule has 4 rings (SSSR count). The van der Waals surface area contributed by atoms with E-state index in [2.05, 4.69) is 66.5 Å². The van der Waals surface area contributed by atoms with Crippen LogP contribution in [-0.4, -0.2) is 11.3 Å². The minimum absolute atomic E-state index is 0.0456. The standard InChI is InChI=1S/C26H33P/c1-5-13-22(14-6-1)26(23-15-7-2-8-16-23)21-27(24-17-9-3-10-18-24)25-19-11-4-12-20-25/h1-2,5-8,13-16,21,24-25H,3-4,9-12,17-20H2. The summed E-state index contributed by atoms with van der Waals surface area (Å²) in [5.41, 5.74) is 6.18. The third-order valence-electron chi connectivity index (χ3n) is 6.44. The molecule has 0 amide bonds. The highest BCUT2D eigenvalue weighted by Gasteiger charge is 2.30. The van der Waals surface area contributed by atoms with Crippen LogP contribution in [0.5, 0.6) is 0 Å². The van der Waals surface area contributed by atoms with Gasteiger partial charge in [0.2, 0.25) is 0 Å². The van der Waals surface area contributed by atoms with Crippen molar-refractivity contribution in [1.29, 1.82) is 0 Å². The van der Waals surface area contributed by atoms with E-state index in [0.717, 1.165) is 11.3 Å². The molecule has 27 heavy (non-hydrogen) atoms. The fourth-order valence-corrected chi connectivity index (χ4v) is 8.50. The fourth-order valence-electron chi connectivity index (χ4n) is 4.97. The smallest absolute Gasteiger partial charge is 0.0106 e. The van der Waals surface area contributed by atoms with Gasteiger partial charge in [0.1, 0.15) is 0 Å². The molecule has 0 nitrogen and oxygen atoms in total. The maximum atomic E-state index is 2.77. The summed E-state index contributed by atoms with van der Waals surface area (Å²) in [4.78, 5) is 0. The first kappa shape index (κ1) is 18.9. The molecule has 2 aliphatic rings. The molecule has 2 saturated carbocycles. The van der Waals surface area contributed by atoms with Gasteiger partial charge in [-0.3, -0.25) is 0 Å². The first-order valence-electron chi connectivity index (χ1n) is 11.0. The zero-order chi connectivity index (χ0) is 18.3. The van der Waals surface area contributed by atoms with Gasteiger partial charge in [-0.1, -0.05) is 113 Å². The first-order valence-corrected chi connectivity index (χ1v) is 12.6. The summed E-state index contributed by atoms with van der Waals surface area (Å²) >= 11 is 0. The van der Waals surface area contributed by atoms with E-state index in [-0.39, 0.29) is 7.92 Å². The largest absolute Gasteiger partial charge is 0.0762 e. The van der Waals surface area contributed by atoms with Gasteiger partial charge in [-0.15, -0.1) is 0 Å². The molecule has 0 spiro atoms. The van der Waals surface area contributed by atoms with Crippen LogP contribution < -0.4 is 0 Å². The lowest BCUT2D eigenvalue weighted by Crippen LogP contribution is -2.19. The molecule has 0 aliphatic heterocycles. The van der Waals surface area contributed by atoms with Crippen LogP contribution in [0.25, 0.3) is 5.57 Å². The van der Waals surface area contributed by atoms with E-state index in [1.165, 1.54) is 80.9 Å². The fraction of sp³-hybridized carbons (Fsp3) is 0.462. The van der Waals surface area contributed by atoms with Gasteiger partial charge in [-0.05, 0) is 53.7 Å². The molecule has 0 saturated heterocycles. The lowest BCUT2D eigenvalue weighted by atomic mass is 9.99. The molecule has 2 aromatic rings. The van der Waals surface area contributed by atoms with Crippen molar-refractivity contribution >= 4 is 13.5 Å². The second-order valence-corrected chi connectivity index (χ2v) is 10.9. The topological polar surface area (TPSA) is 0 Å². The molecule has 142 valence electrons. The highest BCUT2D eigenvalue weighted by molar-refractivity contribution is 7.62. The van der Waals surface area contributed by atoms with Crippen LogP contribution in [0.2, 0.25) is 0 Å². The molecule has 0 atom stereocenters. The number of hydrogen-bond donors (Lipinski definition) is 0. The van der Waals surface area contributed by atoms with Gasteiger partial charge < -0.3 is 0 Å². The Morgan fingerprint density at radius 3 is 1.41 bits per heavy atom. The molecular formula is C26H33P. The van der Waals surface area contributed by atoms with Crippen molar-refractivity contribution in [1.82, 2.24) is 0 Å². The molecule has 1 heteroatoms. The van der Waals surface area contributed by atoms with Gasteiger partial charge in [-0.25, -0.2) is 0 Å². The Morgan fingerprint density at radius 1 is 0.593 bits per heavy atom. The maximum absolute atomic E-state index is 2.77. The Bertz CT molecular complexity index is 647. The Labute approximate surface area is 166 Å². The molecule has 2 fully saturated rings. The summed E-state index contributed by atoms with van der Waals surface area (Å²) < 4.78 is 0. The maximum Gasteiger partial charge on any atom is -0.0106 e. The zero-order valence-electron chi connectivity index (χ0n) is 16.5. The van der Waals surface area contributed by atoms with E-state index in [4.69, 9.17) is 0 Å². The second-order valence-electron chi connectivity index (χ2n) is 8.31. The van der Waals surface area contributed by atoms with Crippen LogP contribution in [0.4, 0.5) is 0 Å². The van der Waals surface area contributed by atoms with E-state index in [9.17, 15) is 0 Å². The van der Waals surface area contributed by atoms with Crippen LogP contribution in [0, 0.1) is 0 Å². The highest BCUT2D eigenvalue weighted by Crippen LogP contribution is 2.58. The molecule has 2 aliphatic carbocycles. The van der Waals surface area contributed by atoms with Crippen molar-refractivity contribution in [2.24, 2.45) is 0 Å². The summed E-state index contributed by atoms with van der Waals surface area (Å²) in [5.74, 6) is 2.77. The normalized spacial score (nSPS) is 19.1. The predicted octanol–water partition coefficient (Wildman–Crippen LogP) is 8.22. The second kappa shape index (κ2) is 9.70. The van der Waals surface area contributed by atoms with Gasteiger partial charge in [0, 0.05) is 0 Å². The minimum atomic E-state index is -0.0456. The van der Waals surface area contributed by atoms with Crippen molar-refractivity contribution in [3.05, 3.63) is 77.6 Å². The number of hydrogen-bond acceptors (Lipinski definition) is 0. The quantitative estimate of drug-likeness (QED) is 0.461. The van der Waals surface area contributed by atoms with Gasteiger partial charge in [0.15, 0.2) is 0 Å². The lowest BCUT2D eigenvalue weighted by molar-refractivity contribution is 0.486. The SMILES string of the molecule is C(=C(c1ccccc1)c1ccccc1)P(C1CCCCC1)C1CCCCC1. The molecule has 0 heterocycles. The molecule has 0 N–H and O–H groups in total. The highest BCUT2D eigenvalue weighted by atomic mass is 31.1. The molecule has 0 aromatic heterocycles. The predicted molar refractivity (Wildman–Crippen MR) is 121 cm³/mol. The summed E-state index contributed by atoms with van der Waals surface area (Å²) in [5, 5.41) is 0. The van der Waals surface area contributed by atoms with Crippen molar-refractivity contribution in [2.45, 2.75) is 75.5 Å². The van der Waals surface area contributed by atoms with Crippen LogP contribution in [-0.2, 0) is 0 Å². The average molecular weight is 377 g/mol. The first-order chi connectivity index (χ1) is 13.4. The van der Waals surface area contributed by atoms with E-state index < -0.39 is 0 Å². The Hall–Kier alpha value is -1.39. The zero-order valence-corrected chi connectivity index (χ0v) is 17.4. The molecule has 0 unspecified atom stereocenters. The molecule has 0 bridgehead atoms. The minimum Gasteiger partial charge on any atom is -0.0762 e. The van der Waals surface area contributed by atoms with E-state index >= 15 is 0 Å². The van der Waals surface area contributed by atoms with Crippen LogP contribution in [0.3, 0.4) is 0 Å². The van der Waals surface area contributed by atoms with E-state index in [0.29, 0.717) is 0 Å². The van der Waals surface area contributed by atoms with Crippen LogP contribution in [0.15, 0.2) is 66.5 Å². The van der Waals surface area contributed by atoms with Crippen molar-refractivity contribution < 1.29 is 0 Å². The number of rotatable bonds is 5. The van der Waals surface area contributed by atoms with Crippen LogP contribution in [0.1, 0.15) is 75.3 Å². The molecule has 0 radical (unpaired) electrons. The third-order valence-corrected chi connectivity index (χ3v) is 9.72. The molecule has 2 aromatic carbocycles. The van der Waals surface area contributed by atoms with Gasteiger partial charge in [-0.2, -0.15) is 0 Å². The number of benzene rings is 2. The summed E-state index contributed by atoms with van der Waals surface area (Å²) in [6.45, 7) is 0. The summed E-state index contributed by atoms with van der Waals surface area (Å²) in [7, 11) is -0.0456. The Balaban J connectivity index is 1.73. The van der Waals surface area contributed by atoms with Crippen LogP contribution >= 0.6 is 7.92 Å². The van der Waals surface area contributed by atoms with Gasteiger partial charge >= 0.3 is 0 Å². The van der Waals surface area contributed by atoms with Gasteiger partial charge in [0.05, 0.1) is 0 Å². The van der Waals surface area contributed by atoms with E-state index in [1.54, 1.807) is 0 Å². The van der Waals surface area contributed by atoms with Crippen molar-refractivity contribution in [3.8, 4) is 0 Å². The lowest BCUT2D eigenvalue weighted by Gasteiger charge is -2.37.